The largest absolute Gasteiger partial charge is 0.487 e. The summed E-state index contributed by atoms with van der Waals surface area (Å²) >= 11 is 0. The molecule has 0 saturated heterocycles. The van der Waals surface area contributed by atoms with Gasteiger partial charge in [-0.3, -0.25) is 4.79 Å². The Morgan fingerprint density at radius 2 is 1.91 bits per heavy atom. The fourth-order valence-electron chi connectivity index (χ4n) is 2.86. The molecule has 1 heterocycles. The molecule has 114 valence electrons. The number of carbonyl (C=O) groups excluding carboxylic acids is 1. The van der Waals surface area contributed by atoms with Crippen LogP contribution in [-0.2, 0) is 13.0 Å². The maximum absolute atomic E-state index is 11.8. The van der Waals surface area contributed by atoms with Crippen molar-refractivity contribution in [2.24, 2.45) is 0 Å². The summed E-state index contributed by atoms with van der Waals surface area (Å²) in [5.41, 5.74) is 3.50. The zero-order valence-electron chi connectivity index (χ0n) is 12.5. The number of nitrogens with zero attached hydrogens (tertiary/aromatic N) is 1. The average Bonchev–Trinajstić information content (AvgIpc) is 3.22. The Bertz CT molecular complexity index is 852. The zero-order valence-corrected chi connectivity index (χ0v) is 12.5. The highest BCUT2D eigenvalue weighted by Gasteiger charge is 2.22. The number of Topliss-reactive ketones (excluding diaryl/α,β-unsaturated/α-hetero) is 1. The van der Waals surface area contributed by atoms with Gasteiger partial charge in [0.2, 0.25) is 0 Å². The summed E-state index contributed by atoms with van der Waals surface area (Å²) < 4.78 is 11.2. The third-order valence-corrected chi connectivity index (χ3v) is 4.03. The van der Waals surface area contributed by atoms with Gasteiger partial charge in [0.25, 0.3) is 0 Å². The molecule has 1 aliphatic carbocycles. The lowest BCUT2D eigenvalue weighted by Crippen LogP contribution is -1.99. The number of fused-ring (bicyclic) bond motifs is 1. The number of aromatic nitrogens is 1. The molecule has 0 amide bonds. The van der Waals surface area contributed by atoms with Crippen molar-refractivity contribution in [2.75, 3.05) is 0 Å². The minimum absolute atomic E-state index is 0.193. The topological polar surface area (TPSA) is 52.3 Å². The highest BCUT2D eigenvalue weighted by molar-refractivity contribution is 6.01. The second-order valence-electron chi connectivity index (χ2n) is 5.54. The van der Waals surface area contributed by atoms with Crippen LogP contribution in [0, 0.1) is 0 Å². The van der Waals surface area contributed by atoms with E-state index in [0.29, 0.717) is 13.0 Å². The second-order valence-corrected chi connectivity index (χ2v) is 5.54. The van der Waals surface area contributed by atoms with Gasteiger partial charge in [0.15, 0.2) is 11.5 Å². The van der Waals surface area contributed by atoms with Crippen LogP contribution >= 0.6 is 0 Å². The van der Waals surface area contributed by atoms with E-state index < -0.39 is 0 Å². The highest BCUT2D eigenvalue weighted by Crippen LogP contribution is 2.31. The van der Waals surface area contributed by atoms with Gasteiger partial charge < -0.3 is 9.26 Å². The van der Waals surface area contributed by atoms with Crippen molar-refractivity contribution in [3.05, 3.63) is 71.4 Å². The number of hydrogen-bond acceptors (Lipinski definition) is 4. The smallest absolute Gasteiger partial charge is 0.167 e. The number of rotatable bonds is 4. The highest BCUT2D eigenvalue weighted by atomic mass is 16.5. The molecule has 1 aromatic heterocycles. The Balaban J connectivity index is 1.51. The van der Waals surface area contributed by atoms with Crippen molar-refractivity contribution in [1.29, 1.82) is 0 Å². The van der Waals surface area contributed by atoms with Gasteiger partial charge in [0, 0.05) is 29.2 Å². The van der Waals surface area contributed by atoms with Crippen LogP contribution in [0.3, 0.4) is 0 Å². The fourth-order valence-corrected chi connectivity index (χ4v) is 2.86. The van der Waals surface area contributed by atoms with Crippen LogP contribution in [0.5, 0.6) is 5.75 Å². The Labute approximate surface area is 133 Å². The Morgan fingerprint density at radius 1 is 1.04 bits per heavy atom. The van der Waals surface area contributed by atoms with Gasteiger partial charge in [-0.2, -0.15) is 0 Å². The van der Waals surface area contributed by atoms with Crippen molar-refractivity contribution >= 4 is 5.78 Å². The van der Waals surface area contributed by atoms with Crippen LogP contribution in [0.1, 0.15) is 28.0 Å². The normalized spacial score (nSPS) is 13.1. The number of benzene rings is 2. The summed E-state index contributed by atoms with van der Waals surface area (Å²) in [5, 5.41) is 4.05. The maximum atomic E-state index is 11.8. The molecule has 0 atom stereocenters. The number of hydrogen-bond donors (Lipinski definition) is 0. The van der Waals surface area contributed by atoms with Gasteiger partial charge in [-0.1, -0.05) is 47.6 Å². The van der Waals surface area contributed by atoms with Gasteiger partial charge in [-0.15, -0.1) is 0 Å². The SMILES string of the molecule is O=C1CCc2c(OCc3cc(-c4ccccc4)on3)cccc21. The molecule has 0 saturated carbocycles. The lowest BCUT2D eigenvalue weighted by Gasteiger charge is -2.08. The van der Waals surface area contributed by atoms with E-state index in [1.807, 2.05) is 54.6 Å². The number of ketones is 1. The summed E-state index contributed by atoms with van der Waals surface area (Å²) in [5.74, 6) is 1.67. The molecule has 4 heteroatoms. The summed E-state index contributed by atoms with van der Waals surface area (Å²) in [7, 11) is 0. The molecule has 0 unspecified atom stereocenters. The van der Waals surface area contributed by atoms with Crippen molar-refractivity contribution < 1.29 is 14.1 Å². The standard InChI is InChI=1S/C19H15NO3/c21-17-10-9-16-15(17)7-4-8-18(16)22-12-14-11-19(23-20-14)13-5-2-1-3-6-13/h1-8,11H,9-10,12H2. The van der Waals surface area contributed by atoms with E-state index in [4.69, 9.17) is 9.26 Å². The van der Waals surface area contributed by atoms with Gasteiger partial charge >= 0.3 is 0 Å². The van der Waals surface area contributed by atoms with Crippen LogP contribution in [0.4, 0.5) is 0 Å². The number of ether oxygens (including phenoxy) is 1. The quantitative estimate of drug-likeness (QED) is 0.729. The first-order valence-electron chi connectivity index (χ1n) is 7.60. The first-order valence-corrected chi connectivity index (χ1v) is 7.60. The Kier molecular flexibility index (Phi) is 3.42. The molecular formula is C19H15NO3. The number of carbonyl (C=O) groups is 1. The van der Waals surface area contributed by atoms with Crippen LogP contribution < -0.4 is 4.74 Å². The van der Waals surface area contributed by atoms with Gasteiger partial charge in [-0.05, 0) is 12.5 Å². The fraction of sp³-hybridized carbons (Fsp3) is 0.158. The van der Waals surface area contributed by atoms with Crippen LogP contribution in [-0.4, -0.2) is 10.9 Å². The Hall–Kier alpha value is -2.88. The summed E-state index contributed by atoms with van der Waals surface area (Å²) in [6, 6.07) is 17.3. The molecule has 0 aliphatic heterocycles. The second kappa shape index (κ2) is 5.72. The lowest BCUT2D eigenvalue weighted by atomic mass is 10.1. The van der Waals surface area contributed by atoms with Crippen molar-refractivity contribution in [3.8, 4) is 17.1 Å². The summed E-state index contributed by atoms with van der Waals surface area (Å²) in [6.07, 6.45) is 1.32. The Morgan fingerprint density at radius 3 is 2.78 bits per heavy atom. The van der Waals surface area contributed by atoms with Gasteiger partial charge in [0.05, 0.1) is 0 Å². The van der Waals surface area contributed by atoms with E-state index in [1.165, 1.54) is 0 Å². The zero-order chi connectivity index (χ0) is 15.6. The molecule has 4 nitrogen and oxygen atoms in total. The first kappa shape index (κ1) is 13.8. The molecular weight excluding hydrogens is 290 g/mol. The van der Waals surface area contributed by atoms with Crippen LogP contribution in [0.2, 0.25) is 0 Å². The molecule has 3 aromatic rings. The third kappa shape index (κ3) is 2.63. The molecule has 0 radical (unpaired) electrons. The lowest BCUT2D eigenvalue weighted by molar-refractivity contribution is 0.0994. The van der Waals surface area contributed by atoms with E-state index in [1.54, 1.807) is 0 Å². The molecule has 0 spiro atoms. The van der Waals surface area contributed by atoms with E-state index in [9.17, 15) is 4.79 Å². The van der Waals surface area contributed by atoms with Crippen molar-refractivity contribution in [1.82, 2.24) is 5.16 Å². The van der Waals surface area contributed by atoms with E-state index in [2.05, 4.69) is 5.16 Å². The van der Waals surface area contributed by atoms with Gasteiger partial charge in [-0.25, -0.2) is 0 Å². The minimum Gasteiger partial charge on any atom is -0.487 e. The minimum atomic E-state index is 0.193. The molecule has 0 fully saturated rings. The average molecular weight is 305 g/mol. The molecule has 2 aromatic carbocycles. The molecule has 0 bridgehead atoms. The maximum Gasteiger partial charge on any atom is 0.167 e. The van der Waals surface area contributed by atoms with E-state index in [0.717, 1.165) is 40.3 Å². The van der Waals surface area contributed by atoms with Gasteiger partial charge in [0.1, 0.15) is 18.1 Å². The predicted octanol–water partition coefficient (Wildman–Crippen LogP) is 4.05. The van der Waals surface area contributed by atoms with Crippen LogP contribution in [0.25, 0.3) is 11.3 Å². The van der Waals surface area contributed by atoms with E-state index >= 15 is 0 Å². The summed E-state index contributed by atoms with van der Waals surface area (Å²) in [4.78, 5) is 11.8. The monoisotopic (exact) mass is 305 g/mol. The molecule has 23 heavy (non-hydrogen) atoms. The third-order valence-electron chi connectivity index (χ3n) is 4.03. The summed E-state index contributed by atoms with van der Waals surface area (Å²) in [6.45, 7) is 0.320. The van der Waals surface area contributed by atoms with Crippen molar-refractivity contribution in [3.63, 3.8) is 0 Å². The molecule has 1 aliphatic rings. The van der Waals surface area contributed by atoms with E-state index in [-0.39, 0.29) is 5.78 Å². The van der Waals surface area contributed by atoms with Crippen LogP contribution in [0.15, 0.2) is 59.1 Å². The van der Waals surface area contributed by atoms with Crippen molar-refractivity contribution in [2.45, 2.75) is 19.4 Å². The molecule has 0 N–H and O–H groups in total. The first-order chi connectivity index (χ1) is 11.3. The predicted molar refractivity (Wildman–Crippen MR) is 85.4 cm³/mol. The molecule has 4 rings (SSSR count).